The molecule has 3 nitrogen and oxygen atoms in total. The summed E-state index contributed by atoms with van der Waals surface area (Å²) in [6.45, 7) is 0.498. The summed E-state index contributed by atoms with van der Waals surface area (Å²) in [4.78, 5) is 9.32. The van der Waals surface area contributed by atoms with E-state index in [9.17, 15) is 0 Å². The van der Waals surface area contributed by atoms with Gasteiger partial charge < -0.3 is 5.73 Å². The Morgan fingerprint density at radius 1 is 1.25 bits per heavy atom. The molecule has 0 aliphatic carbocycles. The monoisotopic (exact) mass is 251 g/mol. The third kappa shape index (κ3) is 2.72. The van der Waals surface area contributed by atoms with Crippen LogP contribution >= 0.6 is 23.4 Å². The summed E-state index contributed by atoms with van der Waals surface area (Å²) in [5, 5.41) is 1.52. The molecular weight excluding hydrogens is 242 g/mol. The second kappa shape index (κ2) is 5.30. The SMILES string of the molecule is NCc1ccncc1Sc1ccc(Cl)cn1. The molecule has 0 spiro atoms. The first-order valence-electron chi connectivity index (χ1n) is 4.72. The van der Waals surface area contributed by atoms with Crippen LogP contribution in [0.25, 0.3) is 0 Å². The fourth-order valence-electron chi connectivity index (χ4n) is 1.20. The van der Waals surface area contributed by atoms with Crippen LogP contribution in [0.4, 0.5) is 0 Å². The first-order chi connectivity index (χ1) is 7.79. The number of nitrogens with zero attached hydrogens (tertiary/aromatic N) is 2. The zero-order valence-corrected chi connectivity index (χ0v) is 10.0. The lowest BCUT2D eigenvalue weighted by molar-refractivity contribution is 1.00. The van der Waals surface area contributed by atoms with E-state index < -0.39 is 0 Å². The number of pyridine rings is 2. The summed E-state index contributed by atoms with van der Waals surface area (Å²) in [6, 6.07) is 5.61. The van der Waals surface area contributed by atoms with Crippen LogP contribution in [0.5, 0.6) is 0 Å². The number of halogens is 1. The minimum atomic E-state index is 0.498. The van der Waals surface area contributed by atoms with E-state index in [0.717, 1.165) is 15.5 Å². The van der Waals surface area contributed by atoms with E-state index in [2.05, 4.69) is 9.97 Å². The van der Waals surface area contributed by atoms with Gasteiger partial charge in [0, 0.05) is 30.0 Å². The summed E-state index contributed by atoms with van der Waals surface area (Å²) in [5.41, 5.74) is 6.71. The van der Waals surface area contributed by atoms with E-state index in [4.69, 9.17) is 17.3 Å². The Hall–Kier alpha value is -1.10. The first-order valence-corrected chi connectivity index (χ1v) is 5.91. The van der Waals surface area contributed by atoms with Gasteiger partial charge in [-0.05, 0) is 23.8 Å². The predicted molar refractivity (Wildman–Crippen MR) is 65.5 cm³/mol. The molecule has 0 saturated carbocycles. The van der Waals surface area contributed by atoms with Crippen molar-refractivity contribution in [1.82, 2.24) is 9.97 Å². The van der Waals surface area contributed by atoms with Gasteiger partial charge in [0.2, 0.25) is 0 Å². The number of rotatable bonds is 3. The van der Waals surface area contributed by atoms with E-state index in [1.807, 2.05) is 18.2 Å². The Morgan fingerprint density at radius 2 is 2.12 bits per heavy atom. The predicted octanol–water partition coefficient (Wildman–Crippen LogP) is 2.74. The van der Waals surface area contributed by atoms with Crippen LogP contribution in [0.3, 0.4) is 0 Å². The number of nitrogens with two attached hydrogens (primary N) is 1. The van der Waals surface area contributed by atoms with Crippen molar-refractivity contribution in [3.63, 3.8) is 0 Å². The maximum Gasteiger partial charge on any atom is 0.101 e. The van der Waals surface area contributed by atoms with Gasteiger partial charge in [-0.2, -0.15) is 0 Å². The van der Waals surface area contributed by atoms with Gasteiger partial charge in [0.25, 0.3) is 0 Å². The van der Waals surface area contributed by atoms with Crippen molar-refractivity contribution in [3.05, 3.63) is 47.4 Å². The number of aromatic nitrogens is 2. The second-order valence-corrected chi connectivity index (χ2v) is 4.60. The van der Waals surface area contributed by atoms with Crippen molar-refractivity contribution < 1.29 is 0 Å². The maximum absolute atomic E-state index is 5.77. The van der Waals surface area contributed by atoms with Crippen LogP contribution in [0.15, 0.2) is 46.7 Å². The van der Waals surface area contributed by atoms with Gasteiger partial charge in [-0.3, -0.25) is 4.98 Å². The van der Waals surface area contributed by atoms with Crippen molar-refractivity contribution in [2.24, 2.45) is 5.73 Å². The maximum atomic E-state index is 5.77. The molecule has 0 fully saturated rings. The molecule has 2 heterocycles. The van der Waals surface area contributed by atoms with Gasteiger partial charge in [-0.15, -0.1) is 0 Å². The van der Waals surface area contributed by atoms with Crippen molar-refractivity contribution in [2.75, 3.05) is 0 Å². The lowest BCUT2D eigenvalue weighted by atomic mass is 10.3. The molecule has 0 aromatic carbocycles. The quantitative estimate of drug-likeness (QED) is 0.911. The highest BCUT2D eigenvalue weighted by Crippen LogP contribution is 2.28. The van der Waals surface area contributed by atoms with Crippen molar-refractivity contribution in [3.8, 4) is 0 Å². The largest absolute Gasteiger partial charge is 0.326 e. The zero-order chi connectivity index (χ0) is 11.4. The zero-order valence-electron chi connectivity index (χ0n) is 8.43. The Morgan fingerprint density at radius 3 is 2.81 bits per heavy atom. The first kappa shape index (κ1) is 11.4. The Balaban J connectivity index is 2.23. The average molecular weight is 252 g/mol. The lowest BCUT2D eigenvalue weighted by Crippen LogP contribution is -1.98. The fourth-order valence-corrected chi connectivity index (χ4v) is 2.18. The topological polar surface area (TPSA) is 51.8 Å². The molecule has 82 valence electrons. The van der Waals surface area contributed by atoms with E-state index in [1.54, 1.807) is 18.6 Å². The molecule has 0 saturated heterocycles. The molecule has 2 aromatic rings. The van der Waals surface area contributed by atoms with Crippen LogP contribution in [0.1, 0.15) is 5.56 Å². The van der Waals surface area contributed by atoms with Crippen molar-refractivity contribution in [1.29, 1.82) is 0 Å². The van der Waals surface area contributed by atoms with Gasteiger partial charge >= 0.3 is 0 Å². The minimum Gasteiger partial charge on any atom is -0.326 e. The Labute approximate surface area is 103 Å². The van der Waals surface area contributed by atoms with Crippen LogP contribution in [-0.2, 0) is 6.54 Å². The fraction of sp³-hybridized carbons (Fsp3) is 0.0909. The van der Waals surface area contributed by atoms with Gasteiger partial charge in [-0.1, -0.05) is 23.4 Å². The standard InChI is InChI=1S/C11H10ClN3S/c12-9-1-2-11(15-6-9)16-10-7-14-4-3-8(10)5-13/h1-4,6-7H,5,13H2. The molecule has 2 aromatic heterocycles. The summed E-state index contributed by atoms with van der Waals surface area (Å²) in [5.74, 6) is 0. The highest BCUT2D eigenvalue weighted by atomic mass is 35.5. The molecule has 2 rings (SSSR count). The third-order valence-electron chi connectivity index (χ3n) is 2.00. The highest BCUT2D eigenvalue weighted by molar-refractivity contribution is 7.99. The lowest BCUT2D eigenvalue weighted by Gasteiger charge is -2.05. The third-order valence-corrected chi connectivity index (χ3v) is 3.27. The molecule has 0 unspecified atom stereocenters. The Bertz CT molecular complexity index is 473. The van der Waals surface area contributed by atoms with E-state index in [1.165, 1.54) is 11.8 Å². The number of hydrogen-bond acceptors (Lipinski definition) is 4. The molecule has 0 bridgehead atoms. The molecule has 0 amide bonds. The van der Waals surface area contributed by atoms with Crippen molar-refractivity contribution in [2.45, 2.75) is 16.5 Å². The highest BCUT2D eigenvalue weighted by Gasteiger charge is 2.03. The average Bonchev–Trinajstić information content (AvgIpc) is 2.33. The molecule has 2 N–H and O–H groups in total. The van der Waals surface area contributed by atoms with Gasteiger partial charge in [-0.25, -0.2) is 4.98 Å². The van der Waals surface area contributed by atoms with Gasteiger partial charge in [0.15, 0.2) is 0 Å². The second-order valence-electron chi connectivity index (χ2n) is 3.10. The van der Waals surface area contributed by atoms with Crippen LogP contribution < -0.4 is 5.73 Å². The van der Waals surface area contributed by atoms with Crippen LogP contribution in [0, 0.1) is 0 Å². The minimum absolute atomic E-state index is 0.498. The van der Waals surface area contributed by atoms with E-state index in [-0.39, 0.29) is 0 Å². The molecule has 0 radical (unpaired) electrons. The Kier molecular flexibility index (Phi) is 3.77. The molecule has 0 aliphatic rings. The summed E-state index contributed by atoms with van der Waals surface area (Å²) < 4.78 is 0. The van der Waals surface area contributed by atoms with Gasteiger partial charge in [0.05, 0.1) is 5.02 Å². The van der Waals surface area contributed by atoms with Crippen LogP contribution in [-0.4, -0.2) is 9.97 Å². The molecule has 0 aliphatic heterocycles. The summed E-state index contributed by atoms with van der Waals surface area (Å²) in [7, 11) is 0. The molecule has 0 atom stereocenters. The molecule has 16 heavy (non-hydrogen) atoms. The van der Waals surface area contributed by atoms with E-state index >= 15 is 0 Å². The van der Waals surface area contributed by atoms with Crippen LogP contribution in [0.2, 0.25) is 5.02 Å². The summed E-state index contributed by atoms with van der Waals surface area (Å²) in [6.07, 6.45) is 5.16. The summed E-state index contributed by atoms with van der Waals surface area (Å²) >= 11 is 7.30. The molecule has 5 heteroatoms. The number of hydrogen-bond donors (Lipinski definition) is 1. The smallest absolute Gasteiger partial charge is 0.101 e. The van der Waals surface area contributed by atoms with E-state index in [0.29, 0.717) is 11.6 Å². The normalized spacial score (nSPS) is 10.4. The van der Waals surface area contributed by atoms with Gasteiger partial charge in [0.1, 0.15) is 5.03 Å². The molecular formula is C11H10ClN3S. The van der Waals surface area contributed by atoms with Crippen molar-refractivity contribution >= 4 is 23.4 Å².